The van der Waals surface area contributed by atoms with Crippen molar-refractivity contribution >= 4 is 45.2 Å². The first-order valence-corrected chi connectivity index (χ1v) is 11.1. The van der Waals surface area contributed by atoms with Gasteiger partial charge < -0.3 is 5.32 Å². The zero-order valence-corrected chi connectivity index (χ0v) is 18.3. The van der Waals surface area contributed by atoms with Crippen molar-refractivity contribution in [1.29, 1.82) is 0 Å². The predicted molar refractivity (Wildman–Crippen MR) is 116 cm³/mol. The molecule has 1 N–H and O–H groups in total. The molecule has 1 aromatic carbocycles. The van der Waals surface area contributed by atoms with E-state index in [2.05, 4.69) is 41.2 Å². The molecule has 0 atom stereocenters. The van der Waals surface area contributed by atoms with Crippen LogP contribution in [0.1, 0.15) is 31.2 Å². The van der Waals surface area contributed by atoms with Gasteiger partial charge in [-0.15, -0.1) is 0 Å². The summed E-state index contributed by atoms with van der Waals surface area (Å²) in [6.45, 7) is 2.01. The number of hydrogen-bond acceptors (Lipinski definition) is 7. The van der Waals surface area contributed by atoms with Crippen LogP contribution >= 0.6 is 27.7 Å². The lowest BCUT2D eigenvalue weighted by Gasteiger charge is -2.08. The maximum atomic E-state index is 12.0. The number of rotatable bonds is 8. The molecule has 0 spiro atoms. The van der Waals surface area contributed by atoms with Gasteiger partial charge in [0, 0.05) is 34.3 Å². The first kappa shape index (κ1) is 20.0. The first-order chi connectivity index (χ1) is 14.1. The molecule has 0 radical (unpaired) electrons. The first-order valence-electron chi connectivity index (χ1n) is 9.52. The summed E-state index contributed by atoms with van der Waals surface area (Å²) in [5, 5.41) is 3.76. The minimum absolute atomic E-state index is 0.299. The molecule has 4 rings (SSSR count). The maximum Gasteiger partial charge on any atom is 0.232 e. The van der Waals surface area contributed by atoms with Crippen molar-refractivity contribution in [2.75, 3.05) is 5.32 Å². The highest BCUT2D eigenvalue weighted by Crippen LogP contribution is 2.31. The number of nitrogens with one attached hydrogen (secondary N) is 1. The fraction of sp³-hybridized carbons (Fsp3) is 0.286. The SMILES string of the molecule is CCc1nc(Nc2ccc(Br)cn2)nc(Sc2ccc(CC(=O)C3CC3)cc2)n1. The van der Waals surface area contributed by atoms with Crippen molar-refractivity contribution in [2.24, 2.45) is 5.92 Å². The van der Waals surface area contributed by atoms with Crippen LogP contribution in [0.25, 0.3) is 0 Å². The molecule has 0 aliphatic heterocycles. The third-order valence-corrected chi connectivity index (χ3v) is 5.83. The summed E-state index contributed by atoms with van der Waals surface area (Å²) in [5.74, 6) is 2.51. The minimum atomic E-state index is 0.299. The summed E-state index contributed by atoms with van der Waals surface area (Å²) in [6.07, 6.45) is 5.06. The summed E-state index contributed by atoms with van der Waals surface area (Å²) in [7, 11) is 0. The van der Waals surface area contributed by atoms with Gasteiger partial charge in [0.05, 0.1) is 0 Å². The number of pyridine rings is 1. The van der Waals surface area contributed by atoms with Crippen molar-refractivity contribution in [1.82, 2.24) is 19.9 Å². The molecule has 8 heteroatoms. The highest BCUT2D eigenvalue weighted by molar-refractivity contribution is 9.10. The van der Waals surface area contributed by atoms with Crippen molar-refractivity contribution < 1.29 is 4.79 Å². The average molecular weight is 470 g/mol. The molecule has 29 heavy (non-hydrogen) atoms. The highest BCUT2D eigenvalue weighted by atomic mass is 79.9. The molecule has 3 aromatic rings. The Balaban J connectivity index is 1.47. The van der Waals surface area contributed by atoms with E-state index in [9.17, 15) is 4.79 Å². The van der Waals surface area contributed by atoms with Gasteiger partial charge in [-0.05, 0) is 70.4 Å². The topological polar surface area (TPSA) is 80.7 Å². The number of anilines is 2. The second-order valence-electron chi connectivity index (χ2n) is 6.86. The lowest BCUT2D eigenvalue weighted by Crippen LogP contribution is -2.05. The van der Waals surface area contributed by atoms with Crippen molar-refractivity contribution in [3.8, 4) is 0 Å². The summed E-state index contributed by atoms with van der Waals surface area (Å²) in [4.78, 5) is 30.8. The van der Waals surface area contributed by atoms with Crippen LogP contribution in [-0.2, 0) is 17.6 Å². The number of carbonyl (C=O) groups is 1. The largest absolute Gasteiger partial charge is 0.309 e. The molecule has 0 unspecified atom stereocenters. The Bertz CT molecular complexity index is 1010. The van der Waals surface area contributed by atoms with E-state index >= 15 is 0 Å². The molecule has 0 saturated heterocycles. The quantitative estimate of drug-likeness (QED) is 0.496. The molecular weight excluding hydrogens is 450 g/mol. The molecule has 1 fully saturated rings. The van der Waals surface area contributed by atoms with Crippen molar-refractivity contribution in [2.45, 2.75) is 42.7 Å². The Morgan fingerprint density at radius 1 is 1.14 bits per heavy atom. The van der Waals surface area contributed by atoms with Gasteiger partial charge in [0.1, 0.15) is 17.4 Å². The van der Waals surface area contributed by atoms with E-state index in [1.807, 2.05) is 43.3 Å². The van der Waals surface area contributed by atoms with Gasteiger partial charge in [-0.3, -0.25) is 4.79 Å². The Morgan fingerprint density at radius 2 is 1.93 bits per heavy atom. The van der Waals surface area contributed by atoms with Crippen LogP contribution in [-0.4, -0.2) is 25.7 Å². The number of ketones is 1. The monoisotopic (exact) mass is 469 g/mol. The Kier molecular flexibility index (Phi) is 6.20. The molecule has 148 valence electrons. The van der Waals surface area contributed by atoms with Crippen LogP contribution in [0, 0.1) is 5.92 Å². The lowest BCUT2D eigenvalue weighted by molar-refractivity contribution is -0.119. The fourth-order valence-corrected chi connectivity index (χ4v) is 3.75. The van der Waals surface area contributed by atoms with Gasteiger partial charge in [-0.25, -0.2) is 9.97 Å². The number of aromatic nitrogens is 4. The van der Waals surface area contributed by atoms with E-state index in [4.69, 9.17) is 0 Å². The predicted octanol–water partition coefficient (Wildman–Crippen LogP) is 5.01. The van der Waals surface area contributed by atoms with E-state index in [1.165, 1.54) is 11.8 Å². The second kappa shape index (κ2) is 9.00. The zero-order chi connectivity index (χ0) is 20.2. The third-order valence-electron chi connectivity index (χ3n) is 4.49. The Labute approximate surface area is 182 Å². The van der Waals surface area contributed by atoms with Crippen LogP contribution in [0.15, 0.2) is 57.1 Å². The van der Waals surface area contributed by atoms with Crippen LogP contribution in [0.3, 0.4) is 0 Å². The van der Waals surface area contributed by atoms with E-state index in [0.29, 0.717) is 47.3 Å². The van der Waals surface area contributed by atoms with Gasteiger partial charge in [-0.2, -0.15) is 9.97 Å². The number of aryl methyl sites for hydroxylation is 1. The smallest absolute Gasteiger partial charge is 0.232 e. The van der Waals surface area contributed by atoms with E-state index < -0.39 is 0 Å². The number of hydrogen-bond donors (Lipinski definition) is 1. The number of nitrogens with zero attached hydrogens (tertiary/aromatic N) is 4. The summed E-state index contributed by atoms with van der Waals surface area (Å²) < 4.78 is 0.909. The van der Waals surface area contributed by atoms with E-state index in [-0.39, 0.29) is 0 Å². The van der Waals surface area contributed by atoms with Crippen molar-refractivity contribution in [3.63, 3.8) is 0 Å². The Hall–Kier alpha value is -2.32. The van der Waals surface area contributed by atoms with Gasteiger partial charge in [0.15, 0.2) is 5.16 Å². The zero-order valence-electron chi connectivity index (χ0n) is 15.9. The lowest BCUT2D eigenvalue weighted by atomic mass is 10.1. The van der Waals surface area contributed by atoms with Gasteiger partial charge >= 0.3 is 0 Å². The molecule has 1 aliphatic carbocycles. The van der Waals surface area contributed by atoms with Gasteiger partial charge in [-0.1, -0.05) is 19.1 Å². The summed E-state index contributed by atoms with van der Waals surface area (Å²) in [5.41, 5.74) is 1.06. The number of Topliss-reactive ketones (excluding diaryl/α,β-unsaturated/α-hetero) is 1. The van der Waals surface area contributed by atoms with Gasteiger partial charge in [0.2, 0.25) is 5.95 Å². The van der Waals surface area contributed by atoms with Crippen molar-refractivity contribution in [3.05, 3.63) is 58.5 Å². The molecule has 1 aliphatic rings. The minimum Gasteiger partial charge on any atom is -0.309 e. The Morgan fingerprint density at radius 3 is 2.59 bits per heavy atom. The standard InChI is InChI=1S/C21H20BrN5OS/c1-2-18-24-20(25-19-10-7-15(22)12-23-19)27-21(26-18)29-16-8-3-13(4-9-16)11-17(28)14-5-6-14/h3-4,7-10,12,14H,2,5-6,11H2,1H3,(H,23,24,25,26,27). The molecular formula is C21H20BrN5OS. The van der Waals surface area contributed by atoms with Crippen LogP contribution in [0.4, 0.5) is 11.8 Å². The molecule has 2 aromatic heterocycles. The van der Waals surface area contributed by atoms with Crippen LogP contribution in [0.2, 0.25) is 0 Å². The second-order valence-corrected chi connectivity index (χ2v) is 8.82. The summed E-state index contributed by atoms with van der Waals surface area (Å²) in [6, 6.07) is 11.8. The van der Waals surface area contributed by atoms with E-state index in [1.54, 1.807) is 6.20 Å². The van der Waals surface area contributed by atoms with Gasteiger partial charge in [0.25, 0.3) is 0 Å². The molecule has 0 amide bonds. The number of carbonyl (C=O) groups excluding carboxylic acids is 1. The number of halogens is 1. The summed E-state index contributed by atoms with van der Waals surface area (Å²) >= 11 is 4.85. The highest BCUT2D eigenvalue weighted by Gasteiger charge is 2.28. The molecule has 0 bridgehead atoms. The normalized spacial score (nSPS) is 13.3. The third kappa shape index (κ3) is 5.61. The van der Waals surface area contributed by atoms with Crippen LogP contribution in [0.5, 0.6) is 0 Å². The average Bonchev–Trinajstić information content (AvgIpc) is 3.56. The molecule has 1 saturated carbocycles. The number of benzene rings is 1. The maximum absolute atomic E-state index is 12.0. The molecule has 6 nitrogen and oxygen atoms in total. The van der Waals surface area contributed by atoms with E-state index in [0.717, 1.165) is 27.8 Å². The molecule has 2 heterocycles. The van der Waals surface area contributed by atoms with Crippen LogP contribution < -0.4 is 5.32 Å². The fourth-order valence-electron chi connectivity index (χ4n) is 2.75.